The van der Waals surface area contributed by atoms with Gasteiger partial charge in [0.05, 0.1) is 18.0 Å². The summed E-state index contributed by atoms with van der Waals surface area (Å²) in [5.74, 6) is -0.692. The Labute approximate surface area is 177 Å². The summed E-state index contributed by atoms with van der Waals surface area (Å²) in [7, 11) is 0. The highest BCUT2D eigenvalue weighted by Crippen LogP contribution is 2.43. The van der Waals surface area contributed by atoms with Gasteiger partial charge in [-0.2, -0.15) is 13.2 Å². The summed E-state index contributed by atoms with van der Waals surface area (Å²) in [6.45, 7) is 3.92. The van der Waals surface area contributed by atoms with E-state index in [0.29, 0.717) is 12.0 Å². The number of carbonyl (C=O) groups is 2. The number of amides is 2. The molecule has 2 heterocycles. The summed E-state index contributed by atoms with van der Waals surface area (Å²) in [4.78, 5) is 30.9. The van der Waals surface area contributed by atoms with Gasteiger partial charge in [-0.3, -0.25) is 14.5 Å². The van der Waals surface area contributed by atoms with E-state index < -0.39 is 23.9 Å². The number of alkyl halides is 3. The third kappa shape index (κ3) is 4.47. The molecule has 168 valence electrons. The molecule has 2 aliphatic heterocycles. The van der Waals surface area contributed by atoms with Gasteiger partial charge in [-0.25, -0.2) is 4.99 Å². The molecule has 10 heteroatoms. The van der Waals surface area contributed by atoms with Gasteiger partial charge in [-0.1, -0.05) is 18.2 Å². The Bertz CT molecular complexity index is 931. The maximum atomic E-state index is 13.3. The molecule has 7 nitrogen and oxygen atoms in total. The Hall–Kier alpha value is -2.78. The molecule has 4 atom stereocenters. The molecule has 1 aliphatic carbocycles. The standard InChI is InChI=1S/C21H25F3N4O3/c1-20(2)9-17(29)28(19(25)27-20)10-11-7-13(11)18(30)26-14-8-16(21(22,23)24)31-15-6-4-3-5-12(14)15/h3-6,11,13-14,16H,7-10H2,1-2H3,(H2,25,27)(H,26,30)/t11-,13?,14+,16?/m1/s1. The zero-order chi connectivity index (χ0) is 22.6. The van der Waals surface area contributed by atoms with Gasteiger partial charge in [-0.15, -0.1) is 0 Å². The zero-order valence-corrected chi connectivity index (χ0v) is 17.3. The summed E-state index contributed by atoms with van der Waals surface area (Å²) in [6, 6.07) is 5.62. The van der Waals surface area contributed by atoms with Crippen LogP contribution >= 0.6 is 0 Å². The first kappa shape index (κ1) is 21.5. The van der Waals surface area contributed by atoms with Crippen LogP contribution in [-0.2, 0) is 9.59 Å². The van der Waals surface area contributed by atoms with Crippen LogP contribution in [0, 0.1) is 11.8 Å². The van der Waals surface area contributed by atoms with E-state index in [-0.39, 0.29) is 54.7 Å². The van der Waals surface area contributed by atoms with Gasteiger partial charge in [0.25, 0.3) is 0 Å². The van der Waals surface area contributed by atoms with Crippen LogP contribution in [0.5, 0.6) is 5.75 Å². The van der Waals surface area contributed by atoms with Crippen molar-refractivity contribution in [2.24, 2.45) is 22.6 Å². The van der Waals surface area contributed by atoms with Crippen LogP contribution in [0.4, 0.5) is 13.2 Å². The normalized spacial score (nSPS) is 29.5. The monoisotopic (exact) mass is 438 g/mol. The highest BCUT2D eigenvalue weighted by atomic mass is 19.4. The molecule has 4 rings (SSSR count). The number of hydrogen-bond acceptors (Lipinski definition) is 5. The van der Waals surface area contributed by atoms with Crippen molar-refractivity contribution in [1.29, 1.82) is 0 Å². The molecule has 0 radical (unpaired) electrons. The van der Waals surface area contributed by atoms with Crippen LogP contribution in [0.15, 0.2) is 29.3 Å². The fourth-order valence-electron chi connectivity index (χ4n) is 4.24. The van der Waals surface area contributed by atoms with Crippen molar-refractivity contribution in [2.75, 3.05) is 6.54 Å². The first-order chi connectivity index (χ1) is 14.4. The van der Waals surface area contributed by atoms with Gasteiger partial charge in [-0.05, 0) is 32.3 Å². The lowest BCUT2D eigenvalue weighted by Gasteiger charge is -2.34. The third-order valence-electron chi connectivity index (χ3n) is 5.95. The number of guanidine groups is 1. The van der Waals surface area contributed by atoms with Crippen molar-refractivity contribution >= 4 is 17.8 Å². The summed E-state index contributed by atoms with van der Waals surface area (Å²) in [6.07, 6.45) is -6.12. The number of halogens is 3. The van der Waals surface area contributed by atoms with Crippen LogP contribution in [0.3, 0.4) is 0 Å². The van der Waals surface area contributed by atoms with Gasteiger partial charge < -0.3 is 15.8 Å². The number of nitrogens with one attached hydrogen (secondary N) is 1. The van der Waals surface area contributed by atoms with Gasteiger partial charge in [0.1, 0.15) is 5.75 Å². The number of aliphatic imine (C=N–C) groups is 1. The number of fused-ring (bicyclic) bond motifs is 1. The molecule has 0 spiro atoms. The molecular formula is C21H25F3N4O3. The lowest BCUT2D eigenvalue weighted by molar-refractivity contribution is -0.201. The zero-order valence-electron chi connectivity index (χ0n) is 17.3. The number of nitrogens with zero attached hydrogens (tertiary/aromatic N) is 2. The molecule has 0 aromatic heterocycles. The first-order valence-corrected chi connectivity index (χ1v) is 10.2. The Kier molecular flexibility index (Phi) is 5.13. The van der Waals surface area contributed by atoms with Crippen molar-refractivity contribution in [2.45, 2.75) is 57.0 Å². The van der Waals surface area contributed by atoms with Crippen molar-refractivity contribution in [1.82, 2.24) is 10.2 Å². The number of para-hydroxylation sites is 1. The first-order valence-electron chi connectivity index (χ1n) is 10.2. The van der Waals surface area contributed by atoms with Crippen molar-refractivity contribution in [3.63, 3.8) is 0 Å². The Balaban J connectivity index is 1.41. The van der Waals surface area contributed by atoms with Gasteiger partial charge >= 0.3 is 6.18 Å². The Morgan fingerprint density at radius 3 is 2.71 bits per heavy atom. The largest absolute Gasteiger partial charge is 0.480 e. The molecule has 0 bridgehead atoms. The van der Waals surface area contributed by atoms with Crippen LogP contribution in [0.1, 0.15) is 44.7 Å². The summed E-state index contributed by atoms with van der Waals surface area (Å²) >= 11 is 0. The van der Waals surface area contributed by atoms with E-state index >= 15 is 0 Å². The molecule has 1 aromatic rings. The highest BCUT2D eigenvalue weighted by molar-refractivity contribution is 5.99. The van der Waals surface area contributed by atoms with E-state index in [0.717, 1.165) is 0 Å². The van der Waals surface area contributed by atoms with E-state index in [2.05, 4.69) is 10.3 Å². The average molecular weight is 438 g/mol. The van der Waals surface area contributed by atoms with Crippen LogP contribution in [0.2, 0.25) is 0 Å². The second kappa shape index (κ2) is 7.42. The van der Waals surface area contributed by atoms with Crippen LogP contribution in [0.25, 0.3) is 0 Å². The summed E-state index contributed by atoms with van der Waals surface area (Å²) < 4.78 is 44.9. The highest BCUT2D eigenvalue weighted by Gasteiger charge is 2.49. The van der Waals surface area contributed by atoms with Crippen molar-refractivity contribution in [3.05, 3.63) is 29.8 Å². The minimum Gasteiger partial charge on any atom is -0.480 e. The topological polar surface area (TPSA) is 97.0 Å². The average Bonchev–Trinajstić information content (AvgIpc) is 3.43. The van der Waals surface area contributed by atoms with E-state index in [1.165, 1.54) is 11.0 Å². The molecule has 1 saturated carbocycles. The van der Waals surface area contributed by atoms with Crippen LogP contribution < -0.4 is 15.8 Å². The third-order valence-corrected chi connectivity index (χ3v) is 5.95. The number of nitrogens with two attached hydrogens (primary N) is 1. The van der Waals surface area contributed by atoms with E-state index in [1.807, 2.05) is 13.8 Å². The number of rotatable bonds is 4. The minimum absolute atomic E-state index is 0.104. The number of benzene rings is 1. The van der Waals surface area contributed by atoms with Crippen molar-refractivity contribution in [3.8, 4) is 5.75 Å². The Morgan fingerprint density at radius 2 is 2.03 bits per heavy atom. The fourth-order valence-corrected chi connectivity index (χ4v) is 4.24. The number of carbonyl (C=O) groups excluding carboxylic acids is 2. The molecule has 3 aliphatic rings. The minimum atomic E-state index is -4.53. The van der Waals surface area contributed by atoms with E-state index in [9.17, 15) is 22.8 Å². The smallest absolute Gasteiger partial charge is 0.425 e. The maximum absolute atomic E-state index is 13.3. The van der Waals surface area contributed by atoms with Gasteiger partial charge in [0.2, 0.25) is 11.8 Å². The lowest BCUT2D eigenvalue weighted by Crippen LogP contribution is -2.50. The maximum Gasteiger partial charge on any atom is 0.425 e. The molecule has 2 amide bonds. The van der Waals surface area contributed by atoms with Gasteiger partial charge in [0, 0.05) is 24.4 Å². The van der Waals surface area contributed by atoms with E-state index in [1.54, 1.807) is 18.2 Å². The molecule has 31 heavy (non-hydrogen) atoms. The predicted octanol–water partition coefficient (Wildman–Crippen LogP) is 2.52. The number of ether oxygens (including phenoxy) is 1. The SMILES string of the molecule is CC1(C)CC(=O)N(C[C@H]2CC2C(=O)N[C@H]2CC(C(F)(F)F)Oc3ccccc32)C(N)=N1. The summed E-state index contributed by atoms with van der Waals surface area (Å²) in [5.41, 5.74) is 5.91. The molecule has 3 N–H and O–H groups in total. The molecule has 0 saturated heterocycles. The fraction of sp³-hybridized carbons (Fsp3) is 0.571. The Morgan fingerprint density at radius 1 is 1.32 bits per heavy atom. The molecule has 1 fully saturated rings. The number of hydrogen-bond donors (Lipinski definition) is 2. The quantitative estimate of drug-likeness (QED) is 0.755. The van der Waals surface area contributed by atoms with Gasteiger partial charge in [0.15, 0.2) is 12.1 Å². The lowest BCUT2D eigenvalue weighted by atomic mass is 9.96. The second-order valence-electron chi connectivity index (χ2n) is 9.05. The molecule has 2 unspecified atom stereocenters. The van der Waals surface area contributed by atoms with Crippen LogP contribution in [-0.4, -0.2) is 47.0 Å². The molecular weight excluding hydrogens is 413 g/mol. The molecule has 1 aromatic carbocycles. The predicted molar refractivity (Wildman–Crippen MR) is 106 cm³/mol. The second-order valence-corrected chi connectivity index (χ2v) is 9.05. The van der Waals surface area contributed by atoms with E-state index in [4.69, 9.17) is 10.5 Å². The van der Waals surface area contributed by atoms with Crippen molar-refractivity contribution < 1.29 is 27.5 Å². The summed E-state index contributed by atoms with van der Waals surface area (Å²) in [5, 5.41) is 2.76.